The highest BCUT2D eigenvalue weighted by molar-refractivity contribution is 6.32. The number of halogens is 1. The van der Waals surface area contributed by atoms with Crippen molar-refractivity contribution in [2.24, 2.45) is 0 Å². The molecule has 0 fully saturated rings. The van der Waals surface area contributed by atoms with E-state index in [0.717, 1.165) is 22.9 Å². The molecule has 7 heteroatoms. The summed E-state index contributed by atoms with van der Waals surface area (Å²) in [6, 6.07) is 22.6. The first-order valence-corrected chi connectivity index (χ1v) is 12.5. The quantitative estimate of drug-likeness (QED) is 0.315. The smallest absolute Gasteiger partial charge is 0.254 e. The predicted molar refractivity (Wildman–Crippen MR) is 146 cm³/mol. The van der Waals surface area contributed by atoms with Crippen molar-refractivity contribution in [3.05, 3.63) is 89.1 Å². The summed E-state index contributed by atoms with van der Waals surface area (Å²) >= 11 is 6.45. The largest absolute Gasteiger partial charge is 0.329 e. The van der Waals surface area contributed by atoms with Gasteiger partial charge >= 0.3 is 0 Å². The summed E-state index contributed by atoms with van der Waals surface area (Å²) in [5.41, 5.74) is 1.84. The Bertz CT molecular complexity index is 1400. The van der Waals surface area contributed by atoms with Gasteiger partial charge in [-0.15, -0.1) is 0 Å². The summed E-state index contributed by atoms with van der Waals surface area (Å²) in [5.74, 6) is 0.0385. The van der Waals surface area contributed by atoms with Crippen molar-refractivity contribution in [3.8, 4) is 5.69 Å². The molecule has 0 bridgehead atoms. The minimum atomic E-state index is -0.300. The van der Waals surface area contributed by atoms with Crippen molar-refractivity contribution in [2.45, 2.75) is 39.5 Å². The summed E-state index contributed by atoms with van der Waals surface area (Å²) in [4.78, 5) is 28.4. The van der Waals surface area contributed by atoms with E-state index in [9.17, 15) is 9.59 Å². The SMILES string of the molecule is CCCN(CC(=O)Nc1cc(C(C)(C)C)nn1-c1ccccc1Cl)C(=O)c1cccc2ccccc12. The maximum absolute atomic E-state index is 13.5. The molecule has 0 spiro atoms. The highest BCUT2D eigenvalue weighted by Crippen LogP contribution is 2.29. The van der Waals surface area contributed by atoms with Crippen molar-refractivity contribution in [2.75, 3.05) is 18.4 Å². The lowest BCUT2D eigenvalue weighted by Gasteiger charge is -2.22. The number of aromatic nitrogens is 2. The molecule has 0 aliphatic heterocycles. The maximum Gasteiger partial charge on any atom is 0.254 e. The van der Waals surface area contributed by atoms with Crippen LogP contribution in [-0.4, -0.2) is 39.6 Å². The molecule has 0 aliphatic carbocycles. The highest BCUT2D eigenvalue weighted by atomic mass is 35.5. The topological polar surface area (TPSA) is 67.2 Å². The van der Waals surface area contributed by atoms with Gasteiger partial charge in [0.25, 0.3) is 5.91 Å². The molecule has 0 unspecified atom stereocenters. The lowest BCUT2D eigenvalue weighted by molar-refractivity contribution is -0.116. The average molecular weight is 503 g/mol. The van der Waals surface area contributed by atoms with Gasteiger partial charge in [-0.05, 0) is 35.4 Å². The first-order valence-electron chi connectivity index (χ1n) is 12.1. The molecular formula is C29H31ClN4O2. The van der Waals surface area contributed by atoms with Crippen LogP contribution in [0.4, 0.5) is 5.82 Å². The van der Waals surface area contributed by atoms with Crippen LogP contribution >= 0.6 is 11.6 Å². The van der Waals surface area contributed by atoms with Gasteiger partial charge in [-0.25, -0.2) is 4.68 Å². The van der Waals surface area contributed by atoms with E-state index >= 15 is 0 Å². The van der Waals surface area contributed by atoms with Crippen LogP contribution in [0, 0.1) is 0 Å². The zero-order valence-corrected chi connectivity index (χ0v) is 21.8. The summed E-state index contributed by atoms with van der Waals surface area (Å²) < 4.78 is 1.65. The number of hydrogen-bond donors (Lipinski definition) is 1. The number of carbonyl (C=O) groups is 2. The number of carbonyl (C=O) groups excluding carboxylic acids is 2. The molecule has 1 heterocycles. The Hall–Kier alpha value is -3.64. The molecule has 186 valence electrons. The molecule has 6 nitrogen and oxygen atoms in total. The molecule has 4 rings (SSSR count). The summed E-state index contributed by atoms with van der Waals surface area (Å²) in [5, 5.41) is 10.1. The van der Waals surface area contributed by atoms with E-state index < -0.39 is 0 Å². The zero-order chi connectivity index (χ0) is 25.9. The van der Waals surface area contributed by atoms with Crippen LogP contribution in [0.15, 0.2) is 72.8 Å². The fourth-order valence-corrected chi connectivity index (χ4v) is 4.32. The Kier molecular flexibility index (Phi) is 7.45. The first kappa shape index (κ1) is 25.5. The monoisotopic (exact) mass is 502 g/mol. The van der Waals surface area contributed by atoms with Crippen molar-refractivity contribution < 1.29 is 9.59 Å². The number of nitrogens with one attached hydrogen (secondary N) is 1. The predicted octanol–water partition coefficient (Wildman–Crippen LogP) is 6.47. The first-order chi connectivity index (χ1) is 17.2. The Labute approximate surface area is 216 Å². The molecule has 0 aliphatic rings. The second kappa shape index (κ2) is 10.5. The van der Waals surface area contributed by atoms with Gasteiger partial charge in [-0.1, -0.05) is 87.8 Å². The zero-order valence-electron chi connectivity index (χ0n) is 21.1. The minimum Gasteiger partial charge on any atom is -0.329 e. The molecule has 0 saturated heterocycles. The second-order valence-corrected chi connectivity index (χ2v) is 10.2. The van der Waals surface area contributed by atoms with Gasteiger partial charge < -0.3 is 10.2 Å². The number of benzene rings is 3. The molecule has 0 atom stereocenters. The summed E-state index contributed by atoms with van der Waals surface area (Å²) in [6.45, 7) is 8.56. The summed E-state index contributed by atoms with van der Waals surface area (Å²) in [6.07, 6.45) is 0.732. The van der Waals surface area contributed by atoms with Gasteiger partial charge in [0, 0.05) is 23.6 Å². The van der Waals surface area contributed by atoms with E-state index in [1.165, 1.54) is 0 Å². The normalized spacial score (nSPS) is 11.5. The van der Waals surface area contributed by atoms with Crippen molar-refractivity contribution >= 4 is 40.0 Å². The number of hydrogen-bond acceptors (Lipinski definition) is 3. The van der Waals surface area contributed by atoms with Gasteiger partial charge in [0.05, 0.1) is 16.4 Å². The molecule has 3 aromatic carbocycles. The number of anilines is 1. The van der Waals surface area contributed by atoms with Crippen LogP contribution in [0.5, 0.6) is 0 Å². The Morgan fingerprint density at radius 2 is 1.69 bits per heavy atom. The van der Waals surface area contributed by atoms with Gasteiger partial charge in [-0.3, -0.25) is 9.59 Å². The third-order valence-corrected chi connectivity index (χ3v) is 6.28. The van der Waals surface area contributed by atoms with Crippen molar-refractivity contribution in [3.63, 3.8) is 0 Å². The fraction of sp³-hybridized carbons (Fsp3) is 0.276. The van der Waals surface area contributed by atoms with Gasteiger partial charge in [0.1, 0.15) is 12.4 Å². The maximum atomic E-state index is 13.5. The minimum absolute atomic E-state index is 0.0750. The average Bonchev–Trinajstić information content (AvgIpc) is 3.27. The Balaban J connectivity index is 1.62. The van der Waals surface area contributed by atoms with E-state index in [-0.39, 0.29) is 23.8 Å². The Morgan fingerprint density at radius 1 is 1.00 bits per heavy atom. The molecule has 36 heavy (non-hydrogen) atoms. The molecule has 2 amide bonds. The van der Waals surface area contributed by atoms with E-state index in [2.05, 4.69) is 26.1 Å². The highest BCUT2D eigenvalue weighted by Gasteiger charge is 2.24. The van der Waals surface area contributed by atoms with E-state index in [1.54, 1.807) is 15.6 Å². The van der Waals surface area contributed by atoms with Crippen molar-refractivity contribution in [1.82, 2.24) is 14.7 Å². The van der Waals surface area contributed by atoms with Crippen LogP contribution in [0.3, 0.4) is 0 Å². The van der Waals surface area contributed by atoms with Crippen LogP contribution < -0.4 is 5.32 Å². The molecule has 4 aromatic rings. The molecule has 0 radical (unpaired) electrons. The Morgan fingerprint density at radius 3 is 2.42 bits per heavy atom. The van der Waals surface area contributed by atoms with Crippen LogP contribution in [0.2, 0.25) is 5.02 Å². The standard InChI is InChI=1S/C29H31ClN4O2/c1-5-17-33(28(36)22-14-10-12-20-11-6-7-13-21(20)22)19-27(35)31-26-18-25(29(2,3)4)32-34(26)24-16-9-8-15-23(24)30/h6-16,18H,5,17,19H2,1-4H3,(H,31,35). The third kappa shape index (κ3) is 5.44. The molecule has 0 saturated carbocycles. The van der Waals surface area contributed by atoms with E-state index in [1.807, 2.05) is 73.7 Å². The van der Waals surface area contributed by atoms with Gasteiger partial charge in [0.15, 0.2) is 0 Å². The van der Waals surface area contributed by atoms with Crippen LogP contribution in [0.1, 0.15) is 50.2 Å². The fourth-order valence-electron chi connectivity index (χ4n) is 4.10. The van der Waals surface area contributed by atoms with Gasteiger partial charge in [-0.2, -0.15) is 5.10 Å². The van der Waals surface area contributed by atoms with Crippen LogP contribution in [0.25, 0.3) is 16.5 Å². The number of para-hydroxylation sites is 1. The third-order valence-electron chi connectivity index (χ3n) is 5.96. The lowest BCUT2D eigenvalue weighted by Crippen LogP contribution is -2.38. The lowest BCUT2D eigenvalue weighted by atomic mass is 9.92. The van der Waals surface area contributed by atoms with E-state index in [4.69, 9.17) is 16.7 Å². The number of fused-ring (bicyclic) bond motifs is 1. The molecule has 1 N–H and O–H groups in total. The van der Waals surface area contributed by atoms with Crippen molar-refractivity contribution in [1.29, 1.82) is 0 Å². The van der Waals surface area contributed by atoms with Crippen LogP contribution in [-0.2, 0) is 10.2 Å². The number of nitrogens with zero attached hydrogens (tertiary/aromatic N) is 3. The second-order valence-electron chi connectivity index (χ2n) is 9.83. The number of amides is 2. The molecule has 1 aromatic heterocycles. The summed E-state index contributed by atoms with van der Waals surface area (Å²) in [7, 11) is 0. The number of rotatable bonds is 7. The van der Waals surface area contributed by atoms with E-state index in [0.29, 0.717) is 28.6 Å². The van der Waals surface area contributed by atoms with Gasteiger partial charge in [0.2, 0.25) is 5.91 Å². The molecular weight excluding hydrogens is 472 g/mol.